The molecule has 2 unspecified atom stereocenters. The quantitative estimate of drug-likeness (QED) is 0.917. The average Bonchev–Trinajstić information content (AvgIpc) is 2.29. The van der Waals surface area contributed by atoms with Gasteiger partial charge in [-0.3, -0.25) is 4.90 Å². The molecule has 0 bridgehead atoms. The summed E-state index contributed by atoms with van der Waals surface area (Å²) in [5.74, 6) is 0.431. The van der Waals surface area contributed by atoms with Crippen molar-refractivity contribution >= 4 is 12.4 Å². The van der Waals surface area contributed by atoms with Crippen LogP contribution in [0.25, 0.3) is 0 Å². The van der Waals surface area contributed by atoms with Crippen LogP contribution in [0.2, 0.25) is 0 Å². The second-order valence-corrected chi connectivity index (χ2v) is 5.13. The van der Waals surface area contributed by atoms with Crippen molar-refractivity contribution in [3.8, 4) is 0 Å². The number of rotatable bonds is 3. The average molecular weight is 273 g/mol. The molecule has 0 amide bonds. The summed E-state index contributed by atoms with van der Waals surface area (Å²) in [4.78, 5) is 2.38. The van der Waals surface area contributed by atoms with Gasteiger partial charge >= 0.3 is 0 Å². The van der Waals surface area contributed by atoms with Crippen molar-refractivity contribution in [3.05, 3.63) is 35.6 Å². The predicted molar refractivity (Wildman–Crippen MR) is 75.3 cm³/mol. The highest BCUT2D eigenvalue weighted by atomic mass is 35.5. The smallest absolute Gasteiger partial charge is 0.123 e. The first-order valence-corrected chi connectivity index (χ1v) is 6.37. The van der Waals surface area contributed by atoms with Crippen molar-refractivity contribution in [2.24, 2.45) is 11.7 Å². The van der Waals surface area contributed by atoms with E-state index < -0.39 is 0 Å². The van der Waals surface area contributed by atoms with E-state index >= 15 is 0 Å². The number of halogens is 2. The molecular formula is C14H22ClFN2. The number of hydrogen-bond donors (Lipinski definition) is 1. The predicted octanol–water partition coefficient (Wildman–Crippen LogP) is 2.81. The first-order valence-electron chi connectivity index (χ1n) is 6.37. The molecule has 1 fully saturated rings. The van der Waals surface area contributed by atoms with Gasteiger partial charge in [0.1, 0.15) is 5.82 Å². The molecule has 0 aromatic heterocycles. The standard InChI is InChI=1S/C14H21FN2.ClH/c1-11(16)13-5-3-7-17(10-13)9-12-4-2-6-14(15)8-12;/h2,4,6,8,11,13H,3,5,7,9-10,16H2,1H3;1H. The Labute approximate surface area is 115 Å². The Morgan fingerprint density at radius 2 is 2.28 bits per heavy atom. The molecule has 0 saturated carbocycles. The number of benzene rings is 1. The maximum atomic E-state index is 13.1. The zero-order valence-corrected chi connectivity index (χ0v) is 11.6. The van der Waals surface area contributed by atoms with Crippen molar-refractivity contribution in [1.29, 1.82) is 0 Å². The zero-order chi connectivity index (χ0) is 12.3. The Morgan fingerprint density at radius 3 is 2.94 bits per heavy atom. The van der Waals surface area contributed by atoms with Gasteiger partial charge in [-0.1, -0.05) is 12.1 Å². The fourth-order valence-corrected chi connectivity index (χ4v) is 2.56. The zero-order valence-electron chi connectivity index (χ0n) is 10.8. The fourth-order valence-electron chi connectivity index (χ4n) is 2.56. The van der Waals surface area contributed by atoms with Crippen LogP contribution in [0.4, 0.5) is 4.39 Å². The van der Waals surface area contributed by atoms with Gasteiger partial charge in [0.05, 0.1) is 0 Å². The molecule has 1 aliphatic heterocycles. The lowest BCUT2D eigenvalue weighted by atomic mass is 9.92. The SMILES string of the molecule is CC(N)C1CCCN(Cc2cccc(F)c2)C1.Cl. The van der Waals surface area contributed by atoms with Crippen LogP contribution in [0.1, 0.15) is 25.3 Å². The van der Waals surface area contributed by atoms with E-state index in [1.807, 2.05) is 6.07 Å². The lowest BCUT2D eigenvalue weighted by Crippen LogP contribution is -2.41. The minimum atomic E-state index is -0.150. The number of nitrogens with two attached hydrogens (primary N) is 1. The van der Waals surface area contributed by atoms with Crippen molar-refractivity contribution in [1.82, 2.24) is 4.90 Å². The van der Waals surface area contributed by atoms with Crippen LogP contribution in [0.5, 0.6) is 0 Å². The van der Waals surface area contributed by atoms with Crippen molar-refractivity contribution in [3.63, 3.8) is 0 Å². The summed E-state index contributed by atoms with van der Waals surface area (Å²) in [5.41, 5.74) is 7.01. The molecular weight excluding hydrogens is 251 g/mol. The summed E-state index contributed by atoms with van der Waals surface area (Å²) in [7, 11) is 0. The van der Waals surface area contributed by atoms with Crippen LogP contribution in [-0.4, -0.2) is 24.0 Å². The van der Waals surface area contributed by atoms with Crippen LogP contribution < -0.4 is 5.73 Å². The number of hydrogen-bond acceptors (Lipinski definition) is 2. The summed E-state index contributed by atoms with van der Waals surface area (Å²) in [5, 5.41) is 0. The van der Waals surface area contributed by atoms with E-state index in [1.54, 1.807) is 12.1 Å². The van der Waals surface area contributed by atoms with Crippen LogP contribution in [0.3, 0.4) is 0 Å². The highest BCUT2D eigenvalue weighted by molar-refractivity contribution is 5.85. The number of likely N-dealkylation sites (tertiary alicyclic amines) is 1. The molecule has 1 saturated heterocycles. The van der Waals surface area contributed by atoms with Crippen LogP contribution in [-0.2, 0) is 6.54 Å². The first kappa shape index (κ1) is 15.4. The second-order valence-electron chi connectivity index (χ2n) is 5.13. The molecule has 0 radical (unpaired) electrons. The third-order valence-corrected chi connectivity index (χ3v) is 3.58. The van der Waals surface area contributed by atoms with Crippen molar-refractivity contribution < 1.29 is 4.39 Å². The first-order chi connectivity index (χ1) is 8.15. The van der Waals surface area contributed by atoms with E-state index in [0.29, 0.717) is 5.92 Å². The molecule has 2 N–H and O–H groups in total. The third-order valence-electron chi connectivity index (χ3n) is 3.58. The Hall–Kier alpha value is -0.640. The molecule has 18 heavy (non-hydrogen) atoms. The maximum absolute atomic E-state index is 13.1. The van der Waals surface area contributed by atoms with E-state index in [1.165, 1.54) is 18.9 Å². The van der Waals surface area contributed by atoms with Crippen LogP contribution in [0.15, 0.2) is 24.3 Å². The fraction of sp³-hybridized carbons (Fsp3) is 0.571. The van der Waals surface area contributed by atoms with Gasteiger partial charge in [0.25, 0.3) is 0 Å². The summed E-state index contributed by atoms with van der Waals surface area (Å²) >= 11 is 0. The molecule has 1 aromatic carbocycles. The van der Waals surface area contributed by atoms with Gasteiger partial charge in [-0.25, -0.2) is 4.39 Å². The maximum Gasteiger partial charge on any atom is 0.123 e. The molecule has 2 nitrogen and oxygen atoms in total. The number of piperidine rings is 1. The van der Waals surface area contributed by atoms with E-state index in [4.69, 9.17) is 5.73 Å². The second kappa shape index (κ2) is 7.07. The molecule has 0 spiro atoms. The molecule has 4 heteroatoms. The van der Waals surface area contributed by atoms with Crippen molar-refractivity contribution in [2.45, 2.75) is 32.4 Å². The van der Waals surface area contributed by atoms with Crippen molar-refractivity contribution in [2.75, 3.05) is 13.1 Å². The van der Waals surface area contributed by atoms with Gasteiger partial charge in [-0.2, -0.15) is 0 Å². The van der Waals surface area contributed by atoms with Crippen LogP contribution in [0, 0.1) is 11.7 Å². The number of nitrogens with zero attached hydrogens (tertiary/aromatic N) is 1. The minimum Gasteiger partial charge on any atom is -0.328 e. The van der Waals surface area contributed by atoms with E-state index in [-0.39, 0.29) is 24.3 Å². The normalized spacial score (nSPS) is 22.3. The molecule has 102 valence electrons. The molecule has 1 aromatic rings. The molecule has 1 aliphatic rings. The van der Waals surface area contributed by atoms with Gasteiger partial charge in [0, 0.05) is 19.1 Å². The van der Waals surface area contributed by atoms with Gasteiger partial charge in [0.2, 0.25) is 0 Å². The molecule has 2 atom stereocenters. The van der Waals surface area contributed by atoms with Crippen LogP contribution >= 0.6 is 12.4 Å². The summed E-state index contributed by atoms with van der Waals surface area (Å²) in [6.07, 6.45) is 2.42. The van der Waals surface area contributed by atoms with Gasteiger partial charge < -0.3 is 5.73 Å². The van der Waals surface area contributed by atoms with Gasteiger partial charge in [-0.05, 0) is 49.9 Å². The summed E-state index contributed by atoms with van der Waals surface area (Å²) < 4.78 is 13.1. The van der Waals surface area contributed by atoms with E-state index in [0.717, 1.165) is 25.2 Å². The lowest BCUT2D eigenvalue weighted by molar-refractivity contribution is 0.154. The third kappa shape index (κ3) is 4.23. The van der Waals surface area contributed by atoms with E-state index in [2.05, 4.69) is 11.8 Å². The van der Waals surface area contributed by atoms with Gasteiger partial charge in [-0.15, -0.1) is 12.4 Å². The topological polar surface area (TPSA) is 29.3 Å². The highest BCUT2D eigenvalue weighted by Crippen LogP contribution is 2.20. The summed E-state index contributed by atoms with van der Waals surface area (Å²) in [6, 6.07) is 7.13. The summed E-state index contributed by atoms with van der Waals surface area (Å²) in [6.45, 7) is 5.05. The Balaban J connectivity index is 0.00000162. The minimum absolute atomic E-state index is 0. The molecule has 1 heterocycles. The highest BCUT2D eigenvalue weighted by Gasteiger charge is 2.22. The van der Waals surface area contributed by atoms with E-state index in [9.17, 15) is 4.39 Å². The van der Waals surface area contributed by atoms with Gasteiger partial charge in [0.15, 0.2) is 0 Å². The molecule has 0 aliphatic carbocycles. The molecule has 2 rings (SSSR count). The lowest BCUT2D eigenvalue weighted by Gasteiger charge is -2.34. The monoisotopic (exact) mass is 272 g/mol. The Morgan fingerprint density at radius 1 is 1.50 bits per heavy atom. The Kier molecular flexibility index (Phi) is 6.06. The largest absolute Gasteiger partial charge is 0.328 e. The Bertz CT molecular complexity index is 371.